The number of phenolic OH excluding ortho intramolecular Hbond substituents is 1. The molecule has 0 fully saturated rings. The molecule has 120 valence electrons. The number of para-hydroxylation sites is 1. The molecule has 5 nitrogen and oxygen atoms in total. The van der Waals surface area contributed by atoms with E-state index in [1.54, 1.807) is 50.2 Å². The number of carbonyl (C=O) groups excluding carboxylic acids is 1. The molecule has 0 aromatic heterocycles. The van der Waals surface area contributed by atoms with E-state index >= 15 is 0 Å². The SMILES string of the molecule is CC(=NNC(=O)C(C)Oc1cccc(Br)c1)c1ccccc1O. The van der Waals surface area contributed by atoms with Crippen molar-refractivity contribution in [3.05, 3.63) is 58.6 Å². The monoisotopic (exact) mass is 376 g/mol. The van der Waals surface area contributed by atoms with Crippen LogP contribution in [-0.4, -0.2) is 22.8 Å². The van der Waals surface area contributed by atoms with E-state index in [-0.39, 0.29) is 11.7 Å². The predicted molar refractivity (Wildman–Crippen MR) is 92.7 cm³/mol. The van der Waals surface area contributed by atoms with E-state index in [2.05, 4.69) is 26.5 Å². The average molecular weight is 377 g/mol. The van der Waals surface area contributed by atoms with Crippen LogP contribution in [0.15, 0.2) is 58.1 Å². The quantitative estimate of drug-likeness (QED) is 0.619. The zero-order valence-electron chi connectivity index (χ0n) is 12.8. The number of halogens is 1. The fourth-order valence-corrected chi connectivity index (χ4v) is 2.25. The molecule has 1 amide bonds. The van der Waals surface area contributed by atoms with Crippen LogP contribution in [0.2, 0.25) is 0 Å². The van der Waals surface area contributed by atoms with Crippen molar-refractivity contribution >= 4 is 27.5 Å². The number of ether oxygens (including phenoxy) is 1. The molecule has 0 spiro atoms. The molecular weight excluding hydrogens is 360 g/mol. The Bertz CT molecular complexity index is 731. The second kappa shape index (κ2) is 7.78. The topological polar surface area (TPSA) is 70.9 Å². The standard InChI is InChI=1S/C17H17BrN2O3/c1-11(15-8-3-4-9-16(15)21)19-20-17(22)12(2)23-14-7-5-6-13(18)10-14/h3-10,12,21H,1-2H3,(H,20,22). The lowest BCUT2D eigenvalue weighted by molar-refractivity contribution is -0.127. The highest BCUT2D eigenvalue weighted by atomic mass is 79.9. The Hall–Kier alpha value is -2.34. The molecule has 2 N–H and O–H groups in total. The predicted octanol–water partition coefficient (Wildman–Crippen LogP) is 3.46. The van der Waals surface area contributed by atoms with Gasteiger partial charge in [-0.1, -0.05) is 34.1 Å². The van der Waals surface area contributed by atoms with Crippen LogP contribution in [0.25, 0.3) is 0 Å². The zero-order chi connectivity index (χ0) is 16.8. The van der Waals surface area contributed by atoms with Crippen LogP contribution in [0.1, 0.15) is 19.4 Å². The third-order valence-electron chi connectivity index (χ3n) is 3.11. The number of phenols is 1. The molecule has 0 bridgehead atoms. The van der Waals surface area contributed by atoms with Gasteiger partial charge in [0.05, 0.1) is 5.71 Å². The van der Waals surface area contributed by atoms with Crippen LogP contribution < -0.4 is 10.2 Å². The molecular formula is C17H17BrN2O3. The highest BCUT2D eigenvalue weighted by Crippen LogP contribution is 2.19. The van der Waals surface area contributed by atoms with Gasteiger partial charge in [-0.3, -0.25) is 4.79 Å². The van der Waals surface area contributed by atoms with Crippen LogP contribution in [0.5, 0.6) is 11.5 Å². The van der Waals surface area contributed by atoms with Gasteiger partial charge in [0.2, 0.25) is 0 Å². The van der Waals surface area contributed by atoms with E-state index < -0.39 is 6.10 Å². The Balaban J connectivity index is 1.98. The number of aromatic hydroxyl groups is 1. The fourth-order valence-electron chi connectivity index (χ4n) is 1.87. The van der Waals surface area contributed by atoms with Crippen molar-refractivity contribution < 1.29 is 14.6 Å². The van der Waals surface area contributed by atoms with E-state index in [4.69, 9.17) is 4.74 Å². The minimum absolute atomic E-state index is 0.112. The third-order valence-corrected chi connectivity index (χ3v) is 3.60. The molecule has 1 unspecified atom stereocenters. The number of hydrogen-bond donors (Lipinski definition) is 2. The van der Waals surface area contributed by atoms with Gasteiger partial charge in [-0.25, -0.2) is 5.43 Å². The number of hydrogen-bond acceptors (Lipinski definition) is 4. The van der Waals surface area contributed by atoms with E-state index in [0.29, 0.717) is 17.0 Å². The lowest BCUT2D eigenvalue weighted by Gasteiger charge is -2.13. The maximum absolute atomic E-state index is 12.0. The first kappa shape index (κ1) is 17.0. The molecule has 0 aliphatic carbocycles. The van der Waals surface area contributed by atoms with Gasteiger partial charge in [-0.05, 0) is 44.2 Å². The summed E-state index contributed by atoms with van der Waals surface area (Å²) in [6.07, 6.45) is -0.703. The lowest BCUT2D eigenvalue weighted by atomic mass is 10.1. The fraction of sp³-hybridized carbons (Fsp3) is 0.176. The number of amides is 1. The lowest BCUT2D eigenvalue weighted by Crippen LogP contribution is -2.33. The summed E-state index contributed by atoms with van der Waals surface area (Å²) in [5.74, 6) is 0.324. The largest absolute Gasteiger partial charge is 0.507 e. The van der Waals surface area contributed by atoms with Gasteiger partial charge >= 0.3 is 0 Å². The molecule has 0 radical (unpaired) electrons. The summed E-state index contributed by atoms with van der Waals surface area (Å²) in [6.45, 7) is 3.34. The van der Waals surface area contributed by atoms with Crippen molar-refractivity contribution in [3.8, 4) is 11.5 Å². The maximum atomic E-state index is 12.0. The van der Waals surface area contributed by atoms with Crippen molar-refractivity contribution in [2.24, 2.45) is 5.10 Å². The molecule has 2 rings (SSSR count). The van der Waals surface area contributed by atoms with E-state index in [1.165, 1.54) is 0 Å². The molecule has 0 heterocycles. The van der Waals surface area contributed by atoms with Crippen molar-refractivity contribution in [1.82, 2.24) is 5.43 Å². The minimum Gasteiger partial charge on any atom is -0.507 e. The van der Waals surface area contributed by atoms with Crippen molar-refractivity contribution in [2.75, 3.05) is 0 Å². The number of benzene rings is 2. The van der Waals surface area contributed by atoms with Gasteiger partial charge in [0.15, 0.2) is 6.10 Å². The molecule has 2 aromatic rings. The van der Waals surface area contributed by atoms with Crippen molar-refractivity contribution in [1.29, 1.82) is 0 Å². The van der Waals surface area contributed by atoms with Crippen molar-refractivity contribution in [2.45, 2.75) is 20.0 Å². The number of hydrazone groups is 1. The molecule has 0 aliphatic heterocycles. The third kappa shape index (κ3) is 4.82. The number of nitrogens with one attached hydrogen (secondary N) is 1. The first-order valence-corrected chi connectivity index (χ1v) is 7.81. The number of nitrogens with zero attached hydrogens (tertiary/aromatic N) is 1. The Kier molecular flexibility index (Phi) is 5.76. The van der Waals surface area contributed by atoms with Crippen LogP contribution >= 0.6 is 15.9 Å². The Labute approximate surface area is 143 Å². The van der Waals surface area contributed by atoms with E-state index in [1.807, 2.05) is 12.1 Å². The van der Waals surface area contributed by atoms with E-state index in [0.717, 1.165) is 4.47 Å². The second-order valence-electron chi connectivity index (χ2n) is 4.91. The molecule has 2 aromatic carbocycles. The molecule has 6 heteroatoms. The molecule has 0 aliphatic rings. The smallest absolute Gasteiger partial charge is 0.280 e. The zero-order valence-corrected chi connectivity index (χ0v) is 14.4. The van der Waals surface area contributed by atoms with Gasteiger partial charge in [-0.15, -0.1) is 0 Å². The summed E-state index contributed by atoms with van der Waals surface area (Å²) in [7, 11) is 0. The van der Waals surface area contributed by atoms with Gasteiger partial charge in [0.1, 0.15) is 11.5 Å². The maximum Gasteiger partial charge on any atom is 0.280 e. The van der Waals surface area contributed by atoms with Gasteiger partial charge in [0.25, 0.3) is 5.91 Å². The van der Waals surface area contributed by atoms with Gasteiger partial charge in [0, 0.05) is 10.0 Å². The molecule has 23 heavy (non-hydrogen) atoms. The summed E-state index contributed by atoms with van der Waals surface area (Å²) in [5, 5.41) is 13.8. The number of carbonyl (C=O) groups is 1. The molecule has 0 saturated heterocycles. The first-order valence-electron chi connectivity index (χ1n) is 7.02. The summed E-state index contributed by atoms with van der Waals surface area (Å²) in [4.78, 5) is 12.0. The van der Waals surface area contributed by atoms with Crippen LogP contribution in [0, 0.1) is 0 Å². The average Bonchev–Trinajstić information content (AvgIpc) is 2.52. The Morgan fingerprint density at radius 1 is 1.26 bits per heavy atom. The minimum atomic E-state index is -0.703. The van der Waals surface area contributed by atoms with Crippen LogP contribution in [-0.2, 0) is 4.79 Å². The summed E-state index contributed by atoms with van der Waals surface area (Å²) >= 11 is 3.35. The molecule has 1 atom stereocenters. The van der Waals surface area contributed by atoms with Crippen molar-refractivity contribution in [3.63, 3.8) is 0 Å². The van der Waals surface area contributed by atoms with Crippen LogP contribution in [0.3, 0.4) is 0 Å². The molecule has 0 saturated carbocycles. The Morgan fingerprint density at radius 2 is 2.00 bits per heavy atom. The Morgan fingerprint density at radius 3 is 2.70 bits per heavy atom. The summed E-state index contributed by atoms with van der Waals surface area (Å²) in [5.41, 5.74) is 3.51. The van der Waals surface area contributed by atoms with Gasteiger partial charge < -0.3 is 9.84 Å². The van der Waals surface area contributed by atoms with Crippen LogP contribution in [0.4, 0.5) is 0 Å². The second-order valence-corrected chi connectivity index (χ2v) is 5.82. The summed E-state index contributed by atoms with van der Waals surface area (Å²) < 4.78 is 6.43. The van der Waals surface area contributed by atoms with E-state index in [9.17, 15) is 9.90 Å². The summed E-state index contributed by atoms with van der Waals surface area (Å²) in [6, 6.07) is 14.0. The first-order chi connectivity index (χ1) is 11.0. The van der Waals surface area contributed by atoms with Gasteiger partial charge in [-0.2, -0.15) is 5.10 Å². The highest BCUT2D eigenvalue weighted by molar-refractivity contribution is 9.10. The highest BCUT2D eigenvalue weighted by Gasteiger charge is 2.14. The number of rotatable bonds is 5. The normalized spacial score (nSPS) is 12.6.